The Hall–Kier alpha value is -2.22. The molecule has 0 saturated carbocycles. The number of halogens is 1. The molecule has 2 rings (SSSR count). The van der Waals surface area contributed by atoms with E-state index in [-0.39, 0.29) is 12.2 Å². The second-order valence-corrected chi connectivity index (χ2v) is 4.12. The van der Waals surface area contributed by atoms with Gasteiger partial charge in [-0.25, -0.2) is 4.39 Å². The lowest BCUT2D eigenvalue weighted by atomic mass is 10.1. The lowest BCUT2D eigenvalue weighted by Crippen LogP contribution is -2.49. The van der Waals surface area contributed by atoms with E-state index in [1.165, 1.54) is 12.1 Å². The van der Waals surface area contributed by atoms with Crippen LogP contribution in [0.3, 0.4) is 0 Å². The van der Waals surface area contributed by atoms with Crippen molar-refractivity contribution in [2.75, 3.05) is 17.2 Å². The van der Waals surface area contributed by atoms with E-state index in [2.05, 4.69) is 5.92 Å². The molecule has 4 nitrogen and oxygen atoms in total. The van der Waals surface area contributed by atoms with E-state index in [1.807, 2.05) is 0 Å². The molecule has 0 aromatic heterocycles. The maximum atomic E-state index is 13.4. The van der Waals surface area contributed by atoms with Crippen LogP contribution in [0, 0.1) is 18.2 Å². The molecule has 1 aliphatic rings. The molecular weight excluding hydrogens is 235 g/mol. The number of hydrogen-bond acceptors (Lipinski definition) is 4. The van der Waals surface area contributed by atoms with E-state index < -0.39 is 18.0 Å². The highest BCUT2D eigenvalue weighted by Crippen LogP contribution is 2.38. The summed E-state index contributed by atoms with van der Waals surface area (Å²) in [5.74, 6) is 2.27. The number of hydrogen-bond donors (Lipinski definition) is 1. The van der Waals surface area contributed by atoms with Crippen molar-refractivity contribution in [3.05, 3.63) is 17.9 Å². The molecule has 94 valence electrons. The van der Waals surface area contributed by atoms with Crippen LogP contribution >= 0.6 is 0 Å². The van der Waals surface area contributed by atoms with Crippen molar-refractivity contribution in [3.8, 4) is 18.1 Å². The van der Waals surface area contributed by atoms with Gasteiger partial charge in [-0.1, -0.05) is 5.92 Å². The van der Waals surface area contributed by atoms with Gasteiger partial charge in [-0.2, -0.15) is 0 Å². The third-order valence-corrected chi connectivity index (χ3v) is 2.94. The molecule has 1 aromatic rings. The minimum Gasteiger partial charge on any atom is -0.486 e. The summed E-state index contributed by atoms with van der Waals surface area (Å²) in [4.78, 5) is 12.8. The van der Waals surface area contributed by atoms with Gasteiger partial charge in [0.25, 0.3) is 0 Å². The van der Waals surface area contributed by atoms with Crippen LogP contribution < -0.4 is 15.4 Å². The van der Waals surface area contributed by atoms with Gasteiger partial charge in [0.1, 0.15) is 30.0 Å². The maximum Gasteiger partial charge on any atom is 0.149 e. The van der Waals surface area contributed by atoms with Gasteiger partial charge in [0.2, 0.25) is 0 Å². The molecular formula is C13H13FN2O2. The topological polar surface area (TPSA) is 55.6 Å². The summed E-state index contributed by atoms with van der Waals surface area (Å²) in [7, 11) is 0. The van der Waals surface area contributed by atoms with Crippen molar-refractivity contribution in [2.24, 2.45) is 0 Å². The van der Waals surface area contributed by atoms with Gasteiger partial charge >= 0.3 is 0 Å². The number of anilines is 2. The molecule has 0 radical (unpaired) electrons. The first-order chi connectivity index (χ1) is 8.58. The lowest BCUT2D eigenvalue weighted by Gasteiger charge is -2.38. The van der Waals surface area contributed by atoms with Crippen molar-refractivity contribution >= 4 is 17.7 Å². The number of nitrogen functional groups attached to an aromatic ring is 1. The van der Waals surface area contributed by atoms with Crippen LogP contribution in [0.4, 0.5) is 15.8 Å². The molecule has 2 atom stereocenters. The minimum atomic E-state index is -0.550. The normalized spacial score (nSPS) is 21.7. The summed E-state index contributed by atoms with van der Waals surface area (Å²) in [6, 6.07) is 2.15. The zero-order chi connectivity index (χ0) is 13.3. The van der Waals surface area contributed by atoms with Crippen molar-refractivity contribution in [2.45, 2.75) is 19.1 Å². The first kappa shape index (κ1) is 12.2. The highest BCUT2D eigenvalue weighted by molar-refractivity contribution is 5.75. The number of carbonyl (C=O) groups is 1. The number of ether oxygens (including phenoxy) is 1. The van der Waals surface area contributed by atoms with Gasteiger partial charge in [-0.15, -0.1) is 6.42 Å². The molecule has 2 N–H and O–H groups in total. The van der Waals surface area contributed by atoms with Crippen molar-refractivity contribution in [3.63, 3.8) is 0 Å². The van der Waals surface area contributed by atoms with Gasteiger partial charge in [0, 0.05) is 6.07 Å². The quantitative estimate of drug-likeness (QED) is 0.485. The fourth-order valence-corrected chi connectivity index (χ4v) is 2.04. The van der Waals surface area contributed by atoms with E-state index in [0.717, 1.165) is 6.29 Å². The molecule has 0 bridgehead atoms. The van der Waals surface area contributed by atoms with Gasteiger partial charge in [-0.05, 0) is 13.0 Å². The van der Waals surface area contributed by atoms with Crippen molar-refractivity contribution in [1.82, 2.24) is 0 Å². The predicted octanol–water partition coefficient (Wildman–Crippen LogP) is 1.20. The Bertz CT molecular complexity index is 524. The number of carbonyl (C=O) groups excluding carboxylic acids is 1. The van der Waals surface area contributed by atoms with Crippen molar-refractivity contribution in [1.29, 1.82) is 0 Å². The summed E-state index contributed by atoms with van der Waals surface area (Å²) in [6.07, 6.45) is 5.66. The molecule has 0 aliphatic carbocycles. The van der Waals surface area contributed by atoms with E-state index in [4.69, 9.17) is 16.9 Å². The van der Waals surface area contributed by atoms with Crippen LogP contribution in [0.5, 0.6) is 5.75 Å². The number of fused-ring (bicyclic) bond motifs is 1. The smallest absolute Gasteiger partial charge is 0.149 e. The number of terminal acetylenes is 1. The summed E-state index contributed by atoms with van der Waals surface area (Å²) in [5.41, 5.74) is 6.07. The zero-order valence-electron chi connectivity index (χ0n) is 9.89. The Morgan fingerprint density at radius 3 is 3.00 bits per heavy atom. The third kappa shape index (κ3) is 1.86. The molecule has 0 saturated heterocycles. The zero-order valence-corrected chi connectivity index (χ0v) is 9.89. The summed E-state index contributed by atoms with van der Waals surface area (Å²) in [5, 5.41) is 0. The average molecular weight is 248 g/mol. The number of nitrogens with zero attached hydrogens (tertiary/aromatic N) is 1. The van der Waals surface area contributed by atoms with Crippen LogP contribution in [-0.4, -0.2) is 25.0 Å². The number of nitrogens with two attached hydrogens (primary N) is 1. The predicted molar refractivity (Wildman–Crippen MR) is 66.9 cm³/mol. The lowest BCUT2D eigenvalue weighted by molar-refractivity contribution is -0.110. The largest absolute Gasteiger partial charge is 0.486 e. The Kier molecular flexibility index (Phi) is 3.11. The Morgan fingerprint density at radius 2 is 2.39 bits per heavy atom. The van der Waals surface area contributed by atoms with Crippen LogP contribution in [0.1, 0.15) is 6.92 Å². The second-order valence-electron chi connectivity index (χ2n) is 4.12. The third-order valence-electron chi connectivity index (χ3n) is 2.94. The van der Waals surface area contributed by atoms with Gasteiger partial charge in [0.05, 0.1) is 17.9 Å². The van der Waals surface area contributed by atoms with Crippen LogP contribution in [0.25, 0.3) is 0 Å². The standard InChI is InChI=1S/C13H13FN2O2/c1-3-4-16-11-6-10(15)9(14)5-13(11)18-8(2)12(16)7-17/h1,5-8,12H,4,15H2,2H3. The molecule has 1 aliphatic heterocycles. The first-order valence-corrected chi connectivity index (χ1v) is 5.49. The van der Waals surface area contributed by atoms with Crippen molar-refractivity contribution < 1.29 is 13.9 Å². The highest BCUT2D eigenvalue weighted by Gasteiger charge is 2.33. The maximum absolute atomic E-state index is 13.4. The van der Waals surface area contributed by atoms with E-state index in [9.17, 15) is 9.18 Å². The molecule has 0 fully saturated rings. The van der Waals surface area contributed by atoms with Gasteiger partial charge in [0.15, 0.2) is 0 Å². The van der Waals surface area contributed by atoms with Crippen LogP contribution in [0.15, 0.2) is 12.1 Å². The molecule has 0 spiro atoms. The van der Waals surface area contributed by atoms with Crippen LogP contribution in [-0.2, 0) is 4.79 Å². The highest BCUT2D eigenvalue weighted by atomic mass is 19.1. The number of aldehydes is 1. The van der Waals surface area contributed by atoms with Gasteiger partial charge in [-0.3, -0.25) is 0 Å². The minimum absolute atomic E-state index is 0.00132. The van der Waals surface area contributed by atoms with E-state index >= 15 is 0 Å². The van der Waals surface area contributed by atoms with Gasteiger partial charge < -0.3 is 20.2 Å². The second kappa shape index (κ2) is 4.57. The number of benzene rings is 1. The summed E-state index contributed by atoms with van der Waals surface area (Å²) in [6.45, 7) is 1.97. The van der Waals surface area contributed by atoms with E-state index in [1.54, 1.807) is 11.8 Å². The number of rotatable bonds is 2. The molecule has 5 heteroatoms. The molecule has 1 heterocycles. The van der Waals surface area contributed by atoms with E-state index in [0.29, 0.717) is 11.4 Å². The Labute approximate surface area is 105 Å². The molecule has 18 heavy (non-hydrogen) atoms. The fraction of sp³-hybridized carbons (Fsp3) is 0.308. The summed E-state index contributed by atoms with van der Waals surface area (Å²) < 4.78 is 18.9. The fourth-order valence-electron chi connectivity index (χ4n) is 2.04. The molecule has 0 amide bonds. The average Bonchev–Trinajstić information content (AvgIpc) is 2.32. The summed E-state index contributed by atoms with van der Waals surface area (Å²) >= 11 is 0. The first-order valence-electron chi connectivity index (χ1n) is 5.49. The monoisotopic (exact) mass is 248 g/mol. The Morgan fingerprint density at radius 1 is 1.67 bits per heavy atom. The SMILES string of the molecule is C#CCN1c2cc(N)c(F)cc2OC(C)C1C=O. The van der Waals surface area contributed by atoms with Crippen LogP contribution in [0.2, 0.25) is 0 Å². The molecule has 2 unspecified atom stereocenters. The Balaban J connectivity index is 2.53. The molecule has 1 aromatic carbocycles.